The summed E-state index contributed by atoms with van der Waals surface area (Å²) in [5.74, 6) is -0.820. The molecule has 0 aliphatic rings. The minimum Gasteiger partial charge on any atom is -0.445 e. The van der Waals surface area contributed by atoms with Gasteiger partial charge in [-0.2, -0.15) is 0 Å². The summed E-state index contributed by atoms with van der Waals surface area (Å²) in [7, 11) is 0. The van der Waals surface area contributed by atoms with Crippen molar-refractivity contribution in [2.24, 2.45) is 0 Å². The standard InChI is InChI=1S/C20H15NO3/c22-18(15-7-3-1-4-8-15)19(16-9-5-2-6-10-16)24-20(23)17-11-13-21-14-12-17/h1-14,19H/t19-/m1/s1. The van der Waals surface area contributed by atoms with Crippen LogP contribution >= 0.6 is 0 Å². The molecule has 3 rings (SSSR count). The van der Waals surface area contributed by atoms with E-state index in [1.807, 2.05) is 12.1 Å². The third kappa shape index (κ3) is 3.55. The number of hydrogen-bond acceptors (Lipinski definition) is 4. The molecule has 0 saturated carbocycles. The molecular formula is C20H15NO3. The van der Waals surface area contributed by atoms with Gasteiger partial charge in [-0.3, -0.25) is 9.78 Å². The first kappa shape index (κ1) is 15.6. The maximum absolute atomic E-state index is 12.8. The van der Waals surface area contributed by atoms with Crippen molar-refractivity contribution in [3.8, 4) is 0 Å². The van der Waals surface area contributed by atoms with Crippen LogP contribution in [-0.4, -0.2) is 16.7 Å². The Morgan fingerprint density at radius 1 is 0.750 bits per heavy atom. The zero-order chi connectivity index (χ0) is 16.8. The molecule has 0 amide bonds. The van der Waals surface area contributed by atoms with Gasteiger partial charge in [0, 0.05) is 23.5 Å². The van der Waals surface area contributed by atoms with Crippen LogP contribution in [0.3, 0.4) is 0 Å². The zero-order valence-corrected chi connectivity index (χ0v) is 12.8. The molecule has 0 radical (unpaired) electrons. The van der Waals surface area contributed by atoms with E-state index >= 15 is 0 Å². The molecule has 1 atom stereocenters. The molecule has 0 N–H and O–H groups in total. The second-order valence-electron chi connectivity index (χ2n) is 5.16. The van der Waals surface area contributed by atoms with E-state index in [1.54, 1.807) is 60.7 Å². The summed E-state index contributed by atoms with van der Waals surface area (Å²) in [5.41, 5.74) is 1.48. The van der Waals surface area contributed by atoms with Crippen LogP contribution in [0.25, 0.3) is 0 Å². The van der Waals surface area contributed by atoms with Gasteiger partial charge in [0.2, 0.25) is 5.78 Å². The first-order valence-corrected chi connectivity index (χ1v) is 7.51. The number of rotatable bonds is 5. The summed E-state index contributed by atoms with van der Waals surface area (Å²) < 4.78 is 5.52. The van der Waals surface area contributed by atoms with Gasteiger partial charge in [0.1, 0.15) is 0 Å². The first-order chi connectivity index (χ1) is 11.8. The summed E-state index contributed by atoms with van der Waals surface area (Å²) in [6, 6.07) is 20.9. The van der Waals surface area contributed by atoms with Crippen LogP contribution in [0.4, 0.5) is 0 Å². The van der Waals surface area contributed by atoms with Crippen LogP contribution in [0.5, 0.6) is 0 Å². The van der Waals surface area contributed by atoms with Gasteiger partial charge in [0.05, 0.1) is 5.56 Å². The third-order valence-corrected chi connectivity index (χ3v) is 3.54. The number of nitrogens with zero attached hydrogens (tertiary/aromatic N) is 1. The van der Waals surface area contributed by atoms with Crippen LogP contribution in [0.1, 0.15) is 32.4 Å². The van der Waals surface area contributed by atoms with E-state index in [-0.39, 0.29) is 5.78 Å². The fraction of sp³-hybridized carbons (Fsp3) is 0.0500. The molecule has 1 heterocycles. The van der Waals surface area contributed by atoms with E-state index in [0.717, 1.165) is 0 Å². The molecule has 2 aromatic carbocycles. The number of aromatic nitrogens is 1. The van der Waals surface area contributed by atoms with Gasteiger partial charge >= 0.3 is 5.97 Å². The highest BCUT2D eigenvalue weighted by Crippen LogP contribution is 2.23. The molecule has 3 aromatic rings. The number of Topliss-reactive ketones (excluding diaryl/α,β-unsaturated/α-hetero) is 1. The molecule has 24 heavy (non-hydrogen) atoms. The number of hydrogen-bond donors (Lipinski definition) is 0. The smallest absolute Gasteiger partial charge is 0.339 e. The number of pyridine rings is 1. The Kier molecular flexibility index (Phi) is 4.77. The van der Waals surface area contributed by atoms with Gasteiger partial charge in [-0.25, -0.2) is 4.79 Å². The summed E-state index contributed by atoms with van der Waals surface area (Å²) in [5, 5.41) is 0. The summed E-state index contributed by atoms with van der Waals surface area (Å²) in [6.07, 6.45) is 2.02. The molecule has 118 valence electrons. The average molecular weight is 317 g/mol. The number of esters is 1. The minimum atomic E-state index is -0.991. The fourth-order valence-corrected chi connectivity index (χ4v) is 2.32. The SMILES string of the molecule is O=C(O[C@@H](C(=O)c1ccccc1)c1ccccc1)c1ccncc1. The van der Waals surface area contributed by atoms with Gasteiger partial charge in [0.25, 0.3) is 0 Å². The van der Waals surface area contributed by atoms with Gasteiger partial charge in [-0.15, -0.1) is 0 Å². The Balaban J connectivity index is 1.91. The molecule has 1 aromatic heterocycles. The van der Waals surface area contributed by atoms with Crippen LogP contribution in [-0.2, 0) is 4.74 Å². The molecule has 0 aliphatic carbocycles. The Morgan fingerprint density at radius 3 is 1.96 bits per heavy atom. The topological polar surface area (TPSA) is 56.3 Å². The first-order valence-electron chi connectivity index (χ1n) is 7.51. The van der Waals surface area contributed by atoms with Crippen molar-refractivity contribution in [2.45, 2.75) is 6.10 Å². The summed E-state index contributed by atoms with van der Waals surface area (Å²) in [4.78, 5) is 29.1. The normalized spacial score (nSPS) is 11.5. The lowest BCUT2D eigenvalue weighted by Gasteiger charge is -2.17. The third-order valence-electron chi connectivity index (χ3n) is 3.54. The predicted molar refractivity (Wildman–Crippen MR) is 89.6 cm³/mol. The summed E-state index contributed by atoms with van der Waals surface area (Å²) in [6.45, 7) is 0. The molecule has 0 saturated heterocycles. The van der Waals surface area contributed by atoms with Gasteiger partial charge in [-0.1, -0.05) is 60.7 Å². The number of carbonyl (C=O) groups excluding carboxylic acids is 2. The number of carbonyl (C=O) groups is 2. The highest BCUT2D eigenvalue weighted by molar-refractivity contribution is 6.02. The van der Waals surface area contributed by atoms with E-state index in [4.69, 9.17) is 4.74 Å². The monoisotopic (exact) mass is 317 g/mol. The molecule has 0 bridgehead atoms. The van der Waals surface area contributed by atoms with Crippen molar-refractivity contribution in [1.82, 2.24) is 4.98 Å². The van der Waals surface area contributed by atoms with Crippen molar-refractivity contribution >= 4 is 11.8 Å². The summed E-state index contributed by atoms with van der Waals surface area (Å²) >= 11 is 0. The van der Waals surface area contributed by atoms with E-state index in [2.05, 4.69) is 4.98 Å². The Bertz CT molecular complexity index is 817. The fourth-order valence-electron chi connectivity index (χ4n) is 2.32. The van der Waals surface area contributed by atoms with Crippen molar-refractivity contribution in [2.75, 3.05) is 0 Å². The molecule has 0 aliphatic heterocycles. The van der Waals surface area contributed by atoms with Crippen LogP contribution in [0.2, 0.25) is 0 Å². The maximum atomic E-state index is 12.8. The lowest BCUT2D eigenvalue weighted by Crippen LogP contribution is -2.20. The van der Waals surface area contributed by atoms with Crippen molar-refractivity contribution in [3.05, 3.63) is 102 Å². The van der Waals surface area contributed by atoms with E-state index in [1.165, 1.54) is 12.4 Å². The zero-order valence-electron chi connectivity index (χ0n) is 12.8. The van der Waals surface area contributed by atoms with E-state index in [9.17, 15) is 9.59 Å². The number of ether oxygens (including phenoxy) is 1. The predicted octanol–water partition coefficient (Wildman–Crippen LogP) is 3.86. The largest absolute Gasteiger partial charge is 0.445 e. The van der Waals surface area contributed by atoms with Crippen molar-refractivity contribution < 1.29 is 14.3 Å². The maximum Gasteiger partial charge on any atom is 0.339 e. The van der Waals surface area contributed by atoms with E-state index in [0.29, 0.717) is 16.7 Å². The van der Waals surface area contributed by atoms with Crippen LogP contribution in [0, 0.1) is 0 Å². The Morgan fingerprint density at radius 2 is 1.33 bits per heavy atom. The molecule has 4 heteroatoms. The van der Waals surface area contributed by atoms with Gasteiger partial charge in [0.15, 0.2) is 6.10 Å². The Labute approximate surface area is 139 Å². The van der Waals surface area contributed by atoms with Crippen molar-refractivity contribution in [3.63, 3.8) is 0 Å². The van der Waals surface area contributed by atoms with Crippen LogP contribution < -0.4 is 0 Å². The molecular weight excluding hydrogens is 302 g/mol. The number of benzene rings is 2. The minimum absolute atomic E-state index is 0.260. The van der Waals surface area contributed by atoms with Gasteiger partial charge < -0.3 is 4.74 Å². The second-order valence-corrected chi connectivity index (χ2v) is 5.16. The lowest BCUT2D eigenvalue weighted by molar-refractivity contribution is 0.0280. The molecule has 0 unspecified atom stereocenters. The lowest BCUT2D eigenvalue weighted by atomic mass is 10.00. The second kappa shape index (κ2) is 7.33. The molecule has 4 nitrogen and oxygen atoms in total. The average Bonchev–Trinajstić information content (AvgIpc) is 2.67. The highest BCUT2D eigenvalue weighted by atomic mass is 16.5. The quantitative estimate of drug-likeness (QED) is 0.529. The number of ketones is 1. The van der Waals surface area contributed by atoms with Gasteiger partial charge in [-0.05, 0) is 12.1 Å². The van der Waals surface area contributed by atoms with E-state index < -0.39 is 12.1 Å². The molecule has 0 fully saturated rings. The highest BCUT2D eigenvalue weighted by Gasteiger charge is 2.26. The van der Waals surface area contributed by atoms with Crippen LogP contribution in [0.15, 0.2) is 85.2 Å². The molecule has 0 spiro atoms. The Hall–Kier alpha value is -3.27. The van der Waals surface area contributed by atoms with Crippen molar-refractivity contribution in [1.29, 1.82) is 0 Å².